The van der Waals surface area contributed by atoms with Gasteiger partial charge in [-0.3, -0.25) is 4.79 Å². The van der Waals surface area contributed by atoms with Gasteiger partial charge in [-0.2, -0.15) is 0 Å². The number of pyridine rings is 1. The quantitative estimate of drug-likeness (QED) is 0.543. The fourth-order valence-corrected chi connectivity index (χ4v) is 3.05. The van der Waals surface area contributed by atoms with E-state index in [0.29, 0.717) is 12.4 Å². The van der Waals surface area contributed by atoms with Gasteiger partial charge < -0.3 is 21.1 Å². The van der Waals surface area contributed by atoms with E-state index >= 15 is 0 Å². The summed E-state index contributed by atoms with van der Waals surface area (Å²) in [5, 5.41) is 18.9. The molecule has 156 valence electrons. The second-order valence-corrected chi connectivity index (χ2v) is 8.21. The van der Waals surface area contributed by atoms with Crippen LogP contribution in [0.1, 0.15) is 49.5 Å². The molecule has 0 radical (unpaired) electrons. The molecule has 4 N–H and O–H groups in total. The number of amides is 1. The molecule has 1 saturated carbocycles. The van der Waals surface area contributed by atoms with Crippen LogP contribution in [-0.2, 0) is 0 Å². The minimum absolute atomic E-state index is 0.0431. The predicted molar refractivity (Wildman–Crippen MR) is 114 cm³/mol. The molecule has 1 aromatic heterocycles. The van der Waals surface area contributed by atoms with Crippen LogP contribution in [0.3, 0.4) is 0 Å². The van der Waals surface area contributed by atoms with Crippen molar-refractivity contribution in [1.82, 2.24) is 10.3 Å². The van der Waals surface area contributed by atoms with E-state index in [-0.39, 0.29) is 24.1 Å². The standard InChI is InChI=1S/C22H29FN4O2/c1-5-24-19-9-14(11-25-20(19)27-22(3,4)12-28)16-10-17(18(23)8-13(16)2)21(29)26-15-6-7-15/h8-11,15,24,28H,5-7,12H2,1-4H3,(H,25,27)(H,26,29). The van der Waals surface area contributed by atoms with Gasteiger partial charge in [-0.05, 0) is 69.9 Å². The number of halogens is 1. The van der Waals surface area contributed by atoms with Gasteiger partial charge in [0.25, 0.3) is 5.91 Å². The van der Waals surface area contributed by atoms with E-state index in [0.717, 1.165) is 35.2 Å². The Morgan fingerprint density at radius 1 is 1.31 bits per heavy atom. The first kappa shape index (κ1) is 21.0. The zero-order valence-corrected chi connectivity index (χ0v) is 17.4. The van der Waals surface area contributed by atoms with Crippen molar-refractivity contribution in [3.63, 3.8) is 0 Å². The molecule has 1 amide bonds. The average molecular weight is 400 g/mol. The maximum atomic E-state index is 14.4. The summed E-state index contributed by atoms with van der Waals surface area (Å²) in [5.41, 5.74) is 2.56. The molecule has 1 aromatic carbocycles. The monoisotopic (exact) mass is 400 g/mol. The van der Waals surface area contributed by atoms with E-state index in [1.54, 1.807) is 12.3 Å². The van der Waals surface area contributed by atoms with E-state index in [9.17, 15) is 14.3 Å². The highest BCUT2D eigenvalue weighted by Gasteiger charge is 2.26. The van der Waals surface area contributed by atoms with Crippen LogP contribution in [0.15, 0.2) is 24.4 Å². The van der Waals surface area contributed by atoms with Crippen LogP contribution in [0.25, 0.3) is 11.1 Å². The van der Waals surface area contributed by atoms with Crippen molar-refractivity contribution in [1.29, 1.82) is 0 Å². The zero-order chi connectivity index (χ0) is 21.2. The fourth-order valence-electron chi connectivity index (χ4n) is 3.05. The molecule has 0 atom stereocenters. The molecule has 0 aliphatic heterocycles. The van der Waals surface area contributed by atoms with Gasteiger partial charge in [-0.15, -0.1) is 0 Å². The number of aromatic nitrogens is 1. The molecule has 1 fully saturated rings. The van der Waals surface area contributed by atoms with E-state index in [4.69, 9.17) is 0 Å². The molecule has 1 aliphatic carbocycles. The van der Waals surface area contributed by atoms with Gasteiger partial charge in [0.2, 0.25) is 0 Å². The molecule has 0 unspecified atom stereocenters. The number of benzene rings is 1. The first-order chi connectivity index (χ1) is 13.7. The number of aliphatic hydroxyl groups is 1. The lowest BCUT2D eigenvalue weighted by atomic mass is 9.98. The summed E-state index contributed by atoms with van der Waals surface area (Å²) in [6.45, 7) is 8.21. The highest BCUT2D eigenvalue weighted by molar-refractivity contribution is 5.96. The van der Waals surface area contributed by atoms with Crippen LogP contribution < -0.4 is 16.0 Å². The van der Waals surface area contributed by atoms with Crippen molar-refractivity contribution in [2.75, 3.05) is 23.8 Å². The topological polar surface area (TPSA) is 86.3 Å². The molecule has 1 aliphatic rings. The molecule has 2 aromatic rings. The van der Waals surface area contributed by atoms with Gasteiger partial charge in [0.15, 0.2) is 0 Å². The Morgan fingerprint density at radius 3 is 2.66 bits per heavy atom. The van der Waals surface area contributed by atoms with E-state index in [1.165, 1.54) is 6.07 Å². The number of nitrogens with zero attached hydrogens (tertiary/aromatic N) is 1. The third kappa shape index (κ3) is 5.03. The van der Waals surface area contributed by atoms with Gasteiger partial charge in [-0.25, -0.2) is 9.37 Å². The summed E-state index contributed by atoms with van der Waals surface area (Å²) in [6.07, 6.45) is 3.58. The van der Waals surface area contributed by atoms with E-state index in [1.807, 2.05) is 33.8 Å². The minimum atomic E-state index is -0.529. The smallest absolute Gasteiger partial charge is 0.254 e. The second kappa shape index (κ2) is 8.37. The summed E-state index contributed by atoms with van der Waals surface area (Å²) < 4.78 is 14.4. The number of hydrogen-bond donors (Lipinski definition) is 4. The second-order valence-electron chi connectivity index (χ2n) is 8.21. The van der Waals surface area contributed by atoms with Crippen molar-refractivity contribution < 1.29 is 14.3 Å². The molecule has 1 heterocycles. The number of aryl methyl sites for hydroxylation is 1. The zero-order valence-electron chi connectivity index (χ0n) is 17.4. The summed E-state index contributed by atoms with van der Waals surface area (Å²) in [7, 11) is 0. The fraction of sp³-hybridized carbons (Fsp3) is 0.455. The Labute approximate surface area is 170 Å². The lowest BCUT2D eigenvalue weighted by molar-refractivity contribution is 0.0947. The molecule has 0 spiro atoms. The highest BCUT2D eigenvalue weighted by Crippen LogP contribution is 2.32. The maximum absolute atomic E-state index is 14.4. The van der Waals surface area contributed by atoms with Crippen LogP contribution in [0.5, 0.6) is 0 Å². The molecular weight excluding hydrogens is 371 g/mol. The lowest BCUT2D eigenvalue weighted by Crippen LogP contribution is -2.35. The number of nitrogens with one attached hydrogen (secondary N) is 3. The number of anilines is 2. The summed E-state index contributed by atoms with van der Waals surface area (Å²) >= 11 is 0. The number of carbonyl (C=O) groups excluding carboxylic acids is 1. The van der Waals surface area contributed by atoms with Gasteiger partial charge in [0, 0.05) is 24.3 Å². The molecule has 7 heteroatoms. The predicted octanol–water partition coefficient (Wildman–Crippen LogP) is 3.70. The van der Waals surface area contributed by atoms with Crippen molar-refractivity contribution in [3.05, 3.63) is 41.3 Å². The SMILES string of the molecule is CCNc1cc(-c2cc(C(=O)NC3CC3)c(F)cc2C)cnc1NC(C)(C)CO. The number of aliphatic hydroxyl groups excluding tert-OH is 1. The lowest BCUT2D eigenvalue weighted by Gasteiger charge is -2.26. The van der Waals surface area contributed by atoms with E-state index in [2.05, 4.69) is 20.9 Å². The first-order valence-corrected chi connectivity index (χ1v) is 9.98. The maximum Gasteiger partial charge on any atom is 0.254 e. The van der Waals surface area contributed by atoms with Crippen LogP contribution in [-0.4, -0.2) is 40.7 Å². The summed E-state index contributed by atoms with van der Waals surface area (Å²) in [5.74, 6) is -0.275. The van der Waals surface area contributed by atoms with Crippen molar-refractivity contribution in [2.24, 2.45) is 0 Å². The van der Waals surface area contributed by atoms with Gasteiger partial charge in [-0.1, -0.05) is 0 Å². The Bertz CT molecular complexity index is 910. The van der Waals surface area contributed by atoms with Crippen LogP contribution in [0, 0.1) is 12.7 Å². The molecule has 0 bridgehead atoms. The molecule has 3 rings (SSSR count). The molecule has 29 heavy (non-hydrogen) atoms. The molecule has 6 nitrogen and oxygen atoms in total. The van der Waals surface area contributed by atoms with Crippen molar-refractivity contribution in [3.8, 4) is 11.1 Å². The van der Waals surface area contributed by atoms with Gasteiger partial charge >= 0.3 is 0 Å². The summed E-state index contributed by atoms with van der Waals surface area (Å²) in [6, 6.07) is 5.08. The van der Waals surface area contributed by atoms with Gasteiger partial charge in [0.1, 0.15) is 11.6 Å². The van der Waals surface area contributed by atoms with Crippen molar-refractivity contribution >= 4 is 17.4 Å². The molecular formula is C22H29FN4O2. The third-order valence-electron chi connectivity index (χ3n) is 4.89. The Balaban J connectivity index is 1.98. The number of hydrogen-bond acceptors (Lipinski definition) is 5. The largest absolute Gasteiger partial charge is 0.394 e. The average Bonchev–Trinajstić information content (AvgIpc) is 3.47. The Morgan fingerprint density at radius 2 is 2.03 bits per heavy atom. The van der Waals surface area contributed by atoms with E-state index < -0.39 is 11.4 Å². The Kier molecular flexibility index (Phi) is 6.07. The minimum Gasteiger partial charge on any atom is -0.394 e. The summed E-state index contributed by atoms with van der Waals surface area (Å²) in [4.78, 5) is 16.9. The molecule has 0 saturated heterocycles. The third-order valence-corrected chi connectivity index (χ3v) is 4.89. The first-order valence-electron chi connectivity index (χ1n) is 9.98. The number of carbonyl (C=O) groups is 1. The Hall–Kier alpha value is -2.67. The highest BCUT2D eigenvalue weighted by atomic mass is 19.1. The van der Waals surface area contributed by atoms with Crippen LogP contribution in [0.2, 0.25) is 0 Å². The number of rotatable bonds is 8. The van der Waals surface area contributed by atoms with Crippen LogP contribution >= 0.6 is 0 Å². The van der Waals surface area contributed by atoms with Gasteiger partial charge in [0.05, 0.1) is 23.4 Å². The van der Waals surface area contributed by atoms with Crippen molar-refractivity contribution in [2.45, 2.75) is 52.1 Å². The van der Waals surface area contributed by atoms with Crippen LogP contribution in [0.4, 0.5) is 15.9 Å². The normalized spacial score (nSPS) is 13.9.